The number of carbonyl (C=O) groups is 2. The van der Waals surface area contributed by atoms with Crippen LogP contribution in [0.15, 0.2) is 0 Å². The number of nitrogens with one attached hydrogen (secondary N) is 1. The van der Waals surface area contributed by atoms with Gasteiger partial charge in [-0.3, -0.25) is 10.1 Å². The first-order chi connectivity index (χ1) is 9.60. The van der Waals surface area contributed by atoms with E-state index in [1.165, 1.54) is 25.7 Å². The van der Waals surface area contributed by atoms with E-state index >= 15 is 0 Å². The third-order valence-corrected chi connectivity index (χ3v) is 4.86. The van der Waals surface area contributed by atoms with Crippen LogP contribution in [0.5, 0.6) is 0 Å². The summed E-state index contributed by atoms with van der Waals surface area (Å²) >= 11 is 0. The van der Waals surface area contributed by atoms with Gasteiger partial charge in [0.2, 0.25) is 0 Å². The lowest BCUT2D eigenvalue weighted by Crippen LogP contribution is -2.52. The van der Waals surface area contributed by atoms with E-state index in [0.717, 1.165) is 38.6 Å². The molecule has 0 aromatic heterocycles. The molecule has 20 heavy (non-hydrogen) atoms. The standard InChI is InChI=1S/C16H28N2O2/c1-3-4-5-6-7-11-18-15(20)17-14(19)16(18)10-8-9-13(2)12-16/h13H,3-12H2,1-2H3,(H,17,19,20). The first-order valence-electron chi connectivity index (χ1n) is 8.23. The fourth-order valence-corrected chi connectivity index (χ4v) is 3.76. The van der Waals surface area contributed by atoms with Crippen molar-refractivity contribution in [1.82, 2.24) is 10.2 Å². The van der Waals surface area contributed by atoms with Crippen LogP contribution in [0.2, 0.25) is 0 Å². The lowest BCUT2D eigenvalue weighted by molar-refractivity contribution is -0.129. The summed E-state index contributed by atoms with van der Waals surface area (Å²) in [4.78, 5) is 26.2. The molecule has 0 radical (unpaired) electrons. The van der Waals surface area contributed by atoms with Gasteiger partial charge in [0.05, 0.1) is 0 Å². The van der Waals surface area contributed by atoms with Gasteiger partial charge in [-0.05, 0) is 25.2 Å². The monoisotopic (exact) mass is 280 g/mol. The SMILES string of the molecule is CCCCCCCN1C(=O)NC(=O)C12CCCC(C)C2. The molecule has 2 atom stereocenters. The van der Waals surface area contributed by atoms with E-state index in [2.05, 4.69) is 19.2 Å². The Morgan fingerprint density at radius 2 is 2.00 bits per heavy atom. The summed E-state index contributed by atoms with van der Waals surface area (Å²) in [5.74, 6) is 0.477. The highest BCUT2D eigenvalue weighted by atomic mass is 16.2. The molecule has 4 heteroatoms. The summed E-state index contributed by atoms with van der Waals surface area (Å²) in [6.45, 7) is 5.12. The summed E-state index contributed by atoms with van der Waals surface area (Å²) < 4.78 is 0. The molecule has 1 spiro atoms. The molecule has 2 fully saturated rings. The van der Waals surface area contributed by atoms with Gasteiger partial charge in [0.15, 0.2) is 0 Å². The number of rotatable bonds is 6. The molecular weight excluding hydrogens is 252 g/mol. The summed E-state index contributed by atoms with van der Waals surface area (Å²) in [6, 6.07) is -0.167. The zero-order valence-corrected chi connectivity index (χ0v) is 12.9. The third kappa shape index (κ3) is 2.99. The van der Waals surface area contributed by atoms with Gasteiger partial charge in [0.25, 0.3) is 5.91 Å². The second-order valence-electron chi connectivity index (χ2n) is 6.56. The predicted molar refractivity (Wildman–Crippen MR) is 79.4 cm³/mol. The van der Waals surface area contributed by atoms with Gasteiger partial charge in [-0.1, -0.05) is 52.4 Å². The predicted octanol–water partition coefficient (Wildman–Crippen LogP) is 3.46. The molecular formula is C16H28N2O2. The Balaban J connectivity index is 1.97. The van der Waals surface area contributed by atoms with Crippen LogP contribution in [0.25, 0.3) is 0 Å². The van der Waals surface area contributed by atoms with Gasteiger partial charge in [-0.15, -0.1) is 0 Å². The van der Waals surface area contributed by atoms with Crippen LogP contribution < -0.4 is 5.32 Å². The fourth-order valence-electron chi connectivity index (χ4n) is 3.76. The highest BCUT2D eigenvalue weighted by molar-refractivity contribution is 6.07. The fraction of sp³-hybridized carbons (Fsp3) is 0.875. The number of carbonyl (C=O) groups excluding carboxylic acids is 2. The maximum absolute atomic E-state index is 12.3. The molecule has 0 bridgehead atoms. The molecule has 1 heterocycles. The van der Waals surface area contributed by atoms with Crippen LogP contribution in [-0.4, -0.2) is 28.9 Å². The Bertz CT molecular complexity index is 369. The normalized spacial score (nSPS) is 30.1. The number of hydrogen-bond donors (Lipinski definition) is 1. The van der Waals surface area contributed by atoms with Gasteiger partial charge in [-0.2, -0.15) is 0 Å². The average molecular weight is 280 g/mol. The first-order valence-corrected chi connectivity index (χ1v) is 8.23. The van der Waals surface area contributed by atoms with Gasteiger partial charge >= 0.3 is 6.03 Å². The molecule has 1 aliphatic carbocycles. The topological polar surface area (TPSA) is 49.4 Å². The Morgan fingerprint density at radius 3 is 2.70 bits per heavy atom. The molecule has 4 nitrogen and oxygen atoms in total. The molecule has 0 aromatic rings. The van der Waals surface area contributed by atoms with Crippen molar-refractivity contribution in [1.29, 1.82) is 0 Å². The van der Waals surface area contributed by atoms with Crippen LogP contribution in [0.4, 0.5) is 4.79 Å². The van der Waals surface area contributed by atoms with E-state index in [0.29, 0.717) is 5.92 Å². The Kier molecular flexibility index (Phi) is 5.06. The van der Waals surface area contributed by atoms with Crippen LogP contribution >= 0.6 is 0 Å². The van der Waals surface area contributed by atoms with Gasteiger partial charge in [-0.25, -0.2) is 4.79 Å². The highest BCUT2D eigenvalue weighted by Crippen LogP contribution is 2.39. The molecule has 1 N–H and O–H groups in total. The summed E-state index contributed by atoms with van der Waals surface area (Å²) in [7, 11) is 0. The number of nitrogens with zero attached hydrogens (tertiary/aromatic N) is 1. The van der Waals surface area contributed by atoms with E-state index in [1.54, 1.807) is 0 Å². The third-order valence-electron chi connectivity index (χ3n) is 4.86. The summed E-state index contributed by atoms with van der Waals surface area (Å²) in [5, 5.41) is 2.55. The van der Waals surface area contributed by atoms with Crippen molar-refractivity contribution >= 4 is 11.9 Å². The minimum Gasteiger partial charge on any atom is -0.310 e. The van der Waals surface area contributed by atoms with Gasteiger partial charge in [0, 0.05) is 6.54 Å². The molecule has 2 aliphatic rings. The minimum absolute atomic E-state index is 0.0531. The largest absolute Gasteiger partial charge is 0.325 e. The molecule has 114 valence electrons. The molecule has 3 amide bonds. The number of unbranched alkanes of at least 4 members (excludes halogenated alkanes) is 4. The Morgan fingerprint density at radius 1 is 1.25 bits per heavy atom. The van der Waals surface area contributed by atoms with Crippen LogP contribution in [0, 0.1) is 5.92 Å². The molecule has 1 saturated heterocycles. The van der Waals surface area contributed by atoms with E-state index in [4.69, 9.17) is 0 Å². The van der Waals surface area contributed by atoms with E-state index in [-0.39, 0.29) is 11.9 Å². The van der Waals surface area contributed by atoms with Gasteiger partial charge in [0.1, 0.15) is 5.54 Å². The van der Waals surface area contributed by atoms with Crippen molar-refractivity contribution in [3.8, 4) is 0 Å². The molecule has 2 unspecified atom stereocenters. The van der Waals surface area contributed by atoms with Crippen LogP contribution in [0.3, 0.4) is 0 Å². The lowest BCUT2D eigenvalue weighted by Gasteiger charge is -2.40. The van der Waals surface area contributed by atoms with Crippen LogP contribution in [0.1, 0.15) is 71.6 Å². The maximum atomic E-state index is 12.3. The van der Waals surface area contributed by atoms with Crippen molar-refractivity contribution in [3.63, 3.8) is 0 Å². The molecule has 1 aliphatic heterocycles. The zero-order valence-electron chi connectivity index (χ0n) is 12.9. The van der Waals surface area contributed by atoms with Crippen molar-refractivity contribution in [2.45, 2.75) is 77.2 Å². The molecule has 1 saturated carbocycles. The number of urea groups is 1. The van der Waals surface area contributed by atoms with Crippen LogP contribution in [-0.2, 0) is 4.79 Å². The zero-order chi connectivity index (χ0) is 14.6. The van der Waals surface area contributed by atoms with E-state index in [9.17, 15) is 9.59 Å². The van der Waals surface area contributed by atoms with E-state index in [1.807, 2.05) is 4.90 Å². The van der Waals surface area contributed by atoms with Crippen molar-refractivity contribution < 1.29 is 9.59 Å². The lowest BCUT2D eigenvalue weighted by atomic mass is 9.75. The second-order valence-corrected chi connectivity index (χ2v) is 6.56. The van der Waals surface area contributed by atoms with E-state index < -0.39 is 5.54 Å². The van der Waals surface area contributed by atoms with Gasteiger partial charge < -0.3 is 4.90 Å². The molecule has 2 rings (SSSR count). The number of imide groups is 1. The quantitative estimate of drug-likeness (QED) is 0.598. The number of amides is 3. The van der Waals surface area contributed by atoms with Crippen molar-refractivity contribution in [2.75, 3.05) is 6.54 Å². The Labute approximate surface area is 122 Å². The average Bonchev–Trinajstić information content (AvgIpc) is 2.62. The second kappa shape index (κ2) is 6.59. The molecule has 0 aromatic carbocycles. The first kappa shape index (κ1) is 15.3. The minimum atomic E-state index is -0.528. The number of hydrogen-bond acceptors (Lipinski definition) is 2. The summed E-state index contributed by atoms with van der Waals surface area (Å²) in [6.07, 6.45) is 9.76. The highest BCUT2D eigenvalue weighted by Gasteiger charge is 2.53. The Hall–Kier alpha value is -1.06. The maximum Gasteiger partial charge on any atom is 0.325 e. The summed E-state index contributed by atoms with van der Waals surface area (Å²) in [5.41, 5.74) is -0.528. The smallest absolute Gasteiger partial charge is 0.310 e. The van der Waals surface area contributed by atoms with Crippen molar-refractivity contribution in [3.05, 3.63) is 0 Å². The van der Waals surface area contributed by atoms with Crippen molar-refractivity contribution in [2.24, 2.45) is 5.92 Å².